The van der Waals surface area contributed by atoms with E-state index in [0.29, 0.717) is 5.56 Å². The van der Waals surface area contributed by atoms with Gasteiger partial charge in [0.15, 0.2) is 0 Å². The van der Waals surface area contributed by atoms with Gasteiger partial charge in [0.25, 0.3) is 0 Å². The van der Waals surface area contributed by atoms with Crippen molar-refractivity contribution in [2.45, 2.75) is 32.2 Å². The second kappa shape index (κ2) is 9.39. The average molecular weight is 337 g/mol. The van der Waals surface area contributed by atoms with Gasteiger partial charge in [-0.15, -0.1) is 0 Å². The maximum Gasteiger partial charge on any atom is 0.382 e. The molecule has 8 heteroatoms. The fourth-order valence-electron chi connectivity index (χ4n) is 2.23. The van der Waals surface area contributed by atoms with E-state index in [-0.39, 0.29) is 13.2 Å². The van der Waals surface area contributed by atoms with Crippen LogP contribution in [0, 0.1) is 10.1 Å². The van der Waals surface area contributed by atoms with Crippen molar-refractivity contribution in [2.75, 3.05) is 13.2 Å². The van der Waals surface area contributed by atoms with Gasteiger partial charge in [0.1, 0.15) is 0 Å². The van der Waals surface area contributed by atoms with Crippen molar-refractivity contribution in [3.8, 4) is 0 Å². The Hall–Kier alpha value is -2.77. The third-order valence-corrected chi connectivity index (χ3v) is 3.27. The summed E-state index contributed by atoms with van der Waals surface area (Å²) in [7, 11) is 0. The molecule has 1 aromatic carbocycles. The molecule has 0 spiro atoms. The minimum atomic E-state index is -1.79. The van der Waals surface area contributed by atoms with Crippen LogP contribution >= 0.6 is 0 Å². The molecule has 0 heterocycles. The summed E-state index contributed by atoms with van der Waals surface area (Å²) in [6.07, 6.45) is -0.521. The summed E-state index contributed by atoms with van der Waals surface area (Å²) < 4.78 is 9.36. The Balaban J connectivity index is 3.17. The number of benzene rings is 1. The molecule has 1 rings (SSSR count). The molecule has 0 bridgehead atoms. The lowest BCUT2D eigenvalue weighted by atomic mass is 9.87. The standard InChI is InChI=1S/C16H19NO7/c1-3-23-15(19)13(18)10-12(11-8-6-5-7-9-11)14(17(21)22)16(20)24-4-2/h5-9,12,14H,3-4,10H2,1-2H3/t12-,14?/m1/s1. The van der Waals surface area contributed by atoms with Gasteiger partial charge in [-0.1, -0.05) is 30.3 Å². The number of Topliss-reactive ketones (excluding diaryl/α,β-unsaturated/α-hetero) is 1. The van der Waals surface area contributed by atoms with Crippen LogP contribution in [0.3, 0.4) is 0 Å². The van der Waals surface area contributed by atoms with E-state index in [1.165, 1.54) is 13.8 Å². The van der Waals surface area contributed by atoms with Gasteiger partial charge in [-0.25, -0.2) is 9.59 Å². The summed E-state index contributed by atoms with van der Waals surface area (Å²) >= 11 is 0. The zero-order chi connectivity index (χ0) is 18.1. The number of ketones is 1. The molecule has 0 saturated carbocycles. The maximum absolute atomic E-state index is 12.0. The molecule has 1 unspecified atom stereocenters. The van der Waals surface area contributed by atoms with Gasteiger partial charge < -0.3 is 9.47 Å². The second-order valence-corrected chi connectivity index (χ2v) is 4.85. The van der Waals surface area contributed by atoms with Crippen molar-refractivity contribution in [1.29, 1.82) is 0 Å². The molecular weight excluding hydrogens is 318 g/mol. The van der Waals surface area contributed by atoms with E-state index in [9.17, 15) is 24.5 Å². The normalized spacial score (nSPS) is 12.8. The Morgan fingerprint density at radius 3 is 2.17 bits per heavy atom. The van der Waals surface area contributed by atoms with Crippen LogP contribution in [-0.4, -0.2) is 41.9 Å². The number of rotatable bonds is 9. The number of carbonyl (C=O) groups excluding carboxylic acids is 3. The molecule has 8 nitrogen and oxygen atoms in total. The molecule has 0 saturated heterocycles. The first-order valence-electron chi connectivity index (χ1n) is 7.47. The van der Waals surface area contributed by atoms with E-state index in [1.54, 1.807) is 30.3 Å². The molecule has 0 aliphatic rings. The van der Waals surface area contributed by atoms with Crippen molar-refractivity contribution in [2.24, 2.45) is 0 Å². The molecule has 0 N–H and O–H groups in total. The largest absolute Gasteiger partial charge is 0.461 e. The van der Waals surface area contributed by atoms with Gasteiger partial charge in [0.05, 0.1) is 19.1 Å². The second-order valence-electron chi connectivity index (χ2n) is 4.85. The molecule has 0 aromatic heterocycles. The van der Waals surface area contributed by atoms with Gasteiger partial charge in [0.2, 0.25) is 5.78 Å². The molecule has 2 atom stereocenters. The lowest BCUT2D eigenvalue weighted by Crippen LogP contribution is -2.39. The topological polar surface area (TPSA) is 113 Å². The smallest absolute Gasteiger partial charge is 0.382 e. The number of nitro groups is 1. The molecule has 0 fully saturated rings. The summed E-state index contributed by atoms with van der Waals surface area (Å²) in [6.45, 7) is 3.04. The maximum atomic E-state index is 12.0. The first-order chi connectivity index (χ1) is 11.4. The van der Waals surface area contributed by atoms with Gasteiger partial charge in [-0.05, 0) is 19.4 Å². The highest BCUT2D eigenvalue weighted by atomic mass is 16.6. The quantitative estimate of drug-likeness (QED) is 0.290. The van der Waals surface area contributed by atoms with Crippen LogP contribution in [0.4, 0.5) is 0 Å². The number of carbonyl (C=O) groups is 3. The molecule has 0 aliphatic heterocycles. The van der Waals surface area contributed by atoms with E-state index >= 15 is 0 Å². The molecular formula is C16H19NO7. The number of ether oxygens (including phenoxy) is 2. The number of hydrogen-bond donors (Lipinski definition) is 0. The van der Waals surface area contributed by atoms with E-state index in [0.717, 1.165) is 0 Å². The molecule has 130 valence electrons. The average Bonchev–Trinajstić information content (AvgIpc) is 2.55. The van der Waals surface area contributed by atoms with E-state index < -0.39 is 41.0 Å². The summed E-state index contributed by atoms with van der Waals surface area (Å²) in [6, 6.07) is 6.26. The summed E-state index contributed by atoms with van der Waals surface area (Å²) in [5, 5.41) is 11.4. The van der Waals surface area contributed by atoms with Gasteiger partial charge in [-0.2, -0.15) is 0 Å². The first-order valence-corrected chi connectivity index (χ1v) is 7.47. The summed E-state index contributed by atoms with van der Waals surface area (Å²) in [5.41, 5.74) is 0.393. The number of esters is 2. The number of hydrogen-bond acceptors (Lipinski definition) is 7. The Labute approximate surface area is 138 Å². The van der Waals surface area contributed by atoms with Gasteiger partial charge in [0, 0.05) is 11.3 Å². The van der Waals surface area contributed by atoms with Crippen molar-refractivity contribution in [3.63, 3.8) is 0 Å². The first kappa shape index (κ1) is 19.3. The van der Waals surface area contributed by atoms with Gasteiger partial charge in [-0.3, -0.25) is 14.9 Å². The van der Waals surface area contributed by atoms with Crippen LogP contribution in [0.15, 0.2) is 30.3 Å². The predicted octanol–water partition coefficient (Wildman–Crippen LogP) is 1.50. The zero-order valence-electron chi connectivity index (χ0n) is 13.5. The van der Waals surface area contributed by atoms with Crippen molar-refractivity contribution in [1.82, 2.24) is 0 Å². The Kier molecular flexibility index (Phi) is 7.54. The van der Waals surface area contributed by atoms with Crippen molar-refractivity contribution < 1.29 is 28.8 Å². The SMILES string of the molecule is CCOC(=O)C(=O)C[C@H](c1ccccc1)C(C(=O)OCC)[N+](=O)[O-]. The predicted molar refractivity (Wildman–Crippen MR) is 82.9 cm³/mol. The minimum absolute atomic E-state index is 0.0110. The molecule has 24 heavy (non-hydrogen) atoms. The van der Waals surface area contributed by atoms with Crippen LogP contribution in [0.25, 0.3) is 0 Å². The lowest BCUT2D eigenvalue weighted by molar-refractivity contribution is -0.514. The Morgan fingerprint density at radius 2 is 1.67 bits per heavy atom. The van der Waals surface area contributed by atoms with E-state index in [4.69, 9.17) is 4.74 Å². The Bertz CT molecular complexity index is 600. The third-order valence-electron chi connectivity index (χ3n) is 3.27. The number of nitrogens with zero attached hydrogens (tertiary/aromatic N) is 1. The highest BCUT2D eigenvalue weighted by Crippen LogP contribution is 2.27. The minimum Gasteiger partial charge on any atom is -0.461 e. The summed E-state index contributed by atoms with van der Waals surface area (Å²) in [4.78, 5) is 46.1. The van der Waals surface area contributed by atoms with Crippen LogP contribution in [0.2, 0.25) is 0 Å². The van der Waals surface area contributed by atoms with Crippen molar-refractivity contribution >= 4 is 17.7 Å². The monoisotopic (exact) mass is 337 g/mol. The summed E-state index contributed by atoms with van der Waals surface area (Å²) in [5.74, 6) is -4.18. The zero-order valence-corrected chi connectivity index (χ0v) is 13.5. The van der Waals surface area contributed by atoms with Crippen LogP contribution in [0.1, 0.15) is 31.7 Å². The molecule has 0 amide bonds. The highest BCUT2D eigenvalue weighted by Gasteiger charge is 2.43. The van der Waals surface area contributed by atoms with Crippen LogP contribution in [-0.2, 0) is 23.9 Å². The third kappa shape index (κ3) is 5.15. The molecule has 1 aromatic rings. The Morgan fingerprint density at radius 1 is 1.08 bits per heavy atom. The van der Waals surface area contributed by atoms with Crippen molar-refractivity contribution in [3.05, 3.63) is 46.0 Å². The van der Waals surface area contributed by atoms with Crippen LogP contribution < -0.4 is 0 Å². The molecule has 0 radical (unpaired) electrons. The lowest BCUT2D eigenvalue weighted by Gasteiger charge is -2.19. The van der Waals surface area contributed by atoms with Gasteiger partial charge >= 0.3 is 18.0 Å². The highest BCUT2D eigenvalue weighted by molar-refractivity contribution is 6.33. The van der Waals surface area contributed by atoms with E-state index in [2.05, 4.69) is 4.74 Å². The fraction of sp³-hybridized carbons (Fsp3) is 0.438. The van der Waals surface area contributed by atoms with Crippen LogP contribution in [0.5, 0.6) is 0 Å². The fourth-order valence-corrected chi connectivity index (χ4v) is 2.23. The molecule has 0 aliphatic carbocycles. The van der Waals surface area contributed by atoms with E-state index in [1.807, 2.05) is 0 Å².